The first-order chi connectivity index (χ1) is 5.79. The lowest BCUT2D eigenvalue weighted by molar-refractivity contribution is -0.402. The molecule has 1 aromatic rings. The van der Waals surface area contributed by atoms with Crippen LogP contribution in [0.5, 0.6) is 0 Å². The number of rotatable bonds is 3. The minimum atomic E-state index is -0.476. The number of nitrogens with zero attached hydrogens (tertiary/aromatic N) is 1. The second kappa shape index (κ2) is 4.56. The van der Waals surface area contributed by atoms with Crippen LogP contribution < -0.4 is 0 Å². The molecule has 0 N–H and O–H groups in total. The van der Waals surface area contributed by atoms with Crippen molar-refractivity contribution in [1.29, 1.82) is 0 Å². The van der Waals surface area contributed by atoms with Gasteiger partial charge in [-0.2, -0.15) is 0 Å². The van der Waals surface area contributed by atoms with Gasteiger partial charge in [-0.05, 0) is 12.1 Å². The van der Waals surface area contributed by atoms with Crippen molar-refractivity contribution in [1.82, 2.24) is 0 Å². The molecule has 0 amide bonds. The molecule has 0 saturated heterocycles. The van der Waals surface area contributed by atoms with Gasteiger partial charge in [0.2, 0.25) is 6.20 Å². The van der Waals surface area contributed by atoms with Crippen molar-refractivity contribution in [3.8, 4) is 0 Å². The van der Waals surface area contributed by atoms with Crippen LogP contribution in [-0.2, 0) is 0 Å². The molecule has 0 aliphatic heterocycles. The van der Waals surface area contributed by atoms with Crippen molar-refractivity contribution in [3.05, 3.63) is 52.1 Å². The topological polar surface area (TPSA) is 43.1 Å². The smallest absolute Gasteiger partial charge is 0.241 e. The van der Waals surface area contributed by atoms with Gasteiger partial charge in [-0.1, -0.05) is 30.0 Å². The summed E-state index contributed by atoms with van der Waals surface area (Å²) in [5.74, 6) is 0. The lowest BCUT2D eigenvalue weighted by Crippen LogP contribution is -1.80. The van der Waals surface area contributed by atoms with Crippen LogP contribution in [0.4, 0.5) is 0 Å². The van der Waals surface area contributed by atoms with Crippen LogP contribution in [-0.4, -0.2) is 4.92 Å². The second-order valence-corrected chi connectivity index (χ2v) is 2.98. The highest BCUT2D eigenvalue weighted by molar-refractivity contribution is 8.02. The van der Waals surface area contributed by atoms with Crippen molar-refractivity contribution >= 4 is 11.8 Å². The first kappa shape index (κ1) is 8.80. The van der Waals surface area contributed by atoms with E-state index in [1.54, 1.807) is 0 Å². The Labute approximate surface area is 74.2 Å². The van der Waals surface area contributed by atoms with Crippen molar-refractivity contribution in [3.63, 3.8) is 0 Å². The zero-order valence-electron chi connectivity index (χ0n) is 6.21. The zero-order valence-corrected chi connectivity index (χ0v) is 7.03. The Bertz CT molecular complexity index is 284. The van der Waals surface area contributed by atoms with E-state index in [0.717, 1.165) is 11.1 Å². The Morgan fingerprint density at radius 1 is 1.33 bits per heavy atom. The van der Waals surface area contributed by atoms with Crippen LogP contribution in [0.2, 0.25) is 0 Å². The highest BCUT2D eigenvalue weighted by Gasteiger charge is 1.88. The molecule has 12 heavy (non-hydrogen) atoms. The van der Waals surface area contributed by atoms with Gasteiger partial charge in [0.1, 0.15) is 0 Å². The molecule has 0 aromatic heterocycles. The van der Waals surface area contributed by atoms with Gasteiger partial charge in [-0.25, -0.2) is 0 Å². The summed E-state index contributed by atoms with van der Waals surface area (Å²) in [6.45, 7) is 0. The molecule has 0 fully saturated rings. The molecule has 1 aromatic carbocycles. The summed E-state index contributed by atoms with van der Waals surface area (Å²) >= 11 is 1.33. The first-order valence-electron chi connectivity index (χ1n) is 3.31. The van der Waals surface area contributed by atoms with Crippen LogP contribution in [0.1, 0.15) is 0 Å². The number of hydrogen-bond acceptors (Lipinski definition) is 3. The Morgan fingerprint density at radius 2 is 2.00 bits per heavy atom. The van der Waals surface area contributed by atoms with E-state index in [1.807, 2.05) is 30.3 Å². The molecule has 62 valence electrons. The lowest BCUT2D eigenvalue weighted by Gasteiger charge is -1.90. The third kappa shape index (κ3) is 3.21. The highest BCUT2D eigenvalue weighted by Crippen LogP contribution is 2.17. The Kier molecular flexibility index (Phi) is 3.35. The average Bonchev–Trinajstić information content (AvgIpc) is 2.05. The fourth-order valence-corrected chi connectivity index (χ4v) is 1.29. The van der Waals surface area contributed by atoms with E-state index in [2.05, 4.69) is 0 Å². The van der Waals surface area contributed by atoms with E-state index in [1.165, 1.54) is 17.2 Å². The van der Waals surface area contributed by atoms with Gasteiger partial charge in [0.05, 0.1) is 4.92 Å². The van der Waals surface area contributed by atoms with E-state index < -0.39 is 4.92 Å². The van der Waals surface area contributed by atoms with Crippen molar-refractivity contribution in [2.75, 3.05) is 0 Å². The zero-order chi connectivity index (χ0) is 8.81. The third-order valence-corrected chi connectivity index (χ3v) is 1.93. The minimum Gasteiger partial charge on any atom is -0.259 e. The second-order valence-electron chi connectivity index (χ2n) is 2.00. The van der Waals surface area contributed by atoms with E-state index in [0.29, 0.717) is 0 Å². The molecule has 0 atom stereocenters. The van der Waals surface area contributed by atoms with Crippen LogP contribution in [0, 0.1) is 10.1 Å². The largest absolute Gasteiger partial charge is 0.259 e. The summed E-state index contributed by atoms with van der Waals surface area (Å²) < 4.78 is 0. The molecule has 0 aliphatic rings. The fraction of sp³-hybridized carbons (Fsp3) is 0. The van der Waals surface area contributed by atoms with Gasteiger partial charge < -0.3 is 0 Å². The Hall–Kier alpha value is -1.29. The maximum Gasteiger partial charge on any atom is 0.241 e. The standard InChI is InChI=1S/C8H7NO2S/c10-9(11)6-7-12-8-4-2-1-3-5-8/h1-7H/b7-6-. The summed E-state index contributed by atoms with van der Waals surface area (Å²) in [5.41, 5.74) is 0. The minimum absolute atomic E-state index is 0.476. The average molecular weight is 181 g/mol. The lowest BCUT2D eigenvalue weighted by atomic mass is 10.4. The summed E-state index contributed by atoms with van der Waals surface area (Å²) in [6.07, 6.45) is 0.928. The van der Waals surface area contributed by atoms with Gasteiger partial charge in [0.15, 0.2) is 0 Å². The third-order valence-electron chi connectivity index (χ3n) is 1.13. The highest BCUT2D eigenvalue weighted by atomic mass is 32.2. The molecule has 0 unspecified atom stereocenters. The summed E-state index contributed by atoms with van der Waals surface area (Å²) in [5, 5.41) is 11.3. The molecule has 0 bridgehead atoms. The summed E-state index contributed by atoms with van der Waals surface area (Å²) in [7, 11) is 0. The molecule has 0 saturated carbocycles. The van der Waals surface area contributed by atoms with E-state index in [-0.39, 0.29) is 0 Å². The molecule has 0 heterocycles. The molecule has 4 heteroatoms. The monoisotopic (exact) mass is 181 g/mol. The predicted octanol–water partition coefficient (Wildman–Crippen LogP) is 2.53. The number of hydrogen-bond donors (Lipinski definition) is 0. The van der Waals surface area contributed by atoms with Crippen LogP contribution in [0.3, 0.4) is 0 Å². The van der Waals surface area contributed by atoms with E-state index >= 15 is 0 Å². The maximum atomic E-state index is 9.89. The Balaban J connectivity index is 2.49. The van der Waals surface area contributed by atoms with Crippen LogP contribution in [0.25, 0.3) is 0 Å². The SMILES string of the molecule is O=[N+]([O-])/C=C\Sc1ccccc1. The van der Waals surface area contributed by atoms with Gasteiger partial charge in [-0.3, -0.25) is 10.1 Å². The molecular weight excluding hydrogens is 174 g/mol. The molecule has 0 aliphatic carbocycles. The predicted molar refractivity (Wildman–Crippen MR) is 48.4 cm³/mol. The van der Waals surface area contributed by atoms with E-state index in [9.17, 15) is 10.1 Å². The van der Waals surface area contributed by atoms with Gasteiger partial charge in [0.25, 0.3) is 0 Å². The quantitative estimate of drug-likeness (QED) is 0.409. The van der Waals surface area contributed by atoms with Crippen LogP contribution >= 0.6 is 11.8 Å². The fourth-order valence-electron chi connectivity index (χ4n) is 0.658. The number of benzene rings is 1. The number of nitro groups is 1. The summed E-state index contributed by atoms with van der Waals surface area (Å²) in [4.78, 5) is 10.4. The summed E-state index contributed by atoms with van der Waals surface area (Å²) in [6, 6.07) is 9.48. The maximum absolute atomic E-state index is 9.89. The Morgan fingerprint density at radius 3 is 2.58 bits per heavy atom. The van der Waals surface area contributed by atoms with Gasteiger partial charge in [0, 0.05) is 10.3 Å². The molecule has 0 spiro atoms. The van der Waals surface area contributed by atoms with Crippen molar-refractivity contribution in [2.45, 2.75) is 4.90 Å². The van der Waals surface area contributed by atoms with E-state index in [4.69, 9.17) is 0 Å². The molecule has 1 rings (SSSR count). The van der Waals surface area contributed by atoms with Gasteiger partial charge >= 0.3 is 0 Å². The van der Waals surface area contributed by atoms with Gasteiger partial charge in [-0.15, -0.1) is 0 Å². The first-order valence-corrected chi connectivity index (χ1v) is 4.19. The molecule has 3 nitrogen and oxygen atoms in total. The van der Waals surface area contributed by atoms with Crippen LogP contribution in [0.15, 0.2) is 46.8 Å². The number of thioether (sulfide) groups is 1. The van der Waals surface area contributed by atoms with Crippen molar-refractivity contribution < 1.29 is 4.92 Å². The van der Waals surface area contributed by atoms with Crippen molar-refractivity contribution in [2.24, 2.45) is 0 Å². The normalized spacial score (nSPS) is 10.3. The molecule has 0 radical (unpaired) electrons. The molecular formula is C8H7NO2S.